The van der Waals surface area contributed by atoms with Crippen LogP contribution < -0.4 is 10.2 Å². The van der Waals surface area contributed by atoms with Crippen LogP contribution in [-0.4, -0.2) is 44.8 Å². The minimum absolute atomic E-state index is 0.0471. The Bertz CT molecular complexity index is 755. The highest BCUT2D eigenvalue weighted by Crippen LogP contribution is 2.29. The SMILES string of the molecule is CCn1nccc1C(=O)N[C@H]1CCN(c2ncnc3c2CCC3)C1. The fourth-order valence-corrected chi connectivity index (χ4v) is 3.72. The van der Waals surface area contributed by atoms with E-state index < -0.39 is 0 Å². The molecule has 1 fully saturated rings. The van der Waals surface area contributed by atoms with Gasteiger partial charge >= 0.3 is 0 Å². The quantitative estimate of drug-likeness (QED) is 0.913. The first-order valence-electron chi connectivity index (χ1n) is 8.66. The van der Waals surface area contributed by atoms with Crippen LogP contribution in [-0.2, 0) is 19.4 Å². The topological polar surface area (TPSA) is 75.9 Å². The Morgan fingerprint density at radius 2 is 2.29 bits per heavy atom. The molecule has 126 valence electrons. The van der Waals surface area contributed by atoms with Crippen molar-refractivity contribution in [2.75, 3.05) is 18.0 Å². The minimum atomic E-state index is -0.0471. The number of aryl methyl sites for hydroxylation is 2. The van der Waals surface area contributed by atoms with Crippen molar-refractivity contribution >= 4 is 11.7 Å². The molecule has 1 amide bonds. The van der Waals surface area contributed by atoms with Gasteiger partial charge in [-0.05, 0) is 38.7 Å². The summed E-state index contributed by atoms with van der Waals surface area (Å²) in [4.78, 5) is 23.6. The van der Waals surface area contributed by atoms with Gasteiger partial charge in [0.1, 0.15) is 17.8 Å². The Morgan fingerprint density at radius 3 is 3.17 bits per heavy atom. The van der Waals surface area contributed by atoms with Crippen LogP contribution in [0.25, 0.3) is 0 Å². The summed E-state index contributed by atoms with van der Waals surface area (Å²) in [5.41, 5.74) is 3.12. The standard InChI is InChI=1S/C17H22N6O/c1-2-23-15(6-8-20-23)17(24)21-12-7-9-22(10-12)16-13-4-3-5-14(13)18-11-19-16/h6,8,11-12H,2-5,7,9-10H2,1H3,(H,21,24)/t12-/m0/s1. The van der Waals surface area contributed by atoms with Crippen molar-refractivity contribution < 1.29 is 4.79 Å². The Morgan fingerprint density at radius 1 is 1.38 bits per heavy atom. The highest BCUT2D eigenvalue weighted by molar-refractivity contribution is 5.92. The summed E-state index contributed by atoms with van der Waals surface area (Å²) in [5.74, 6) is 1.02. The molecule has 0 radical (unpaired) electrons. The lowest BCUT2D eigenvalue weighted by molar-refractivity contribution is 0.0929. The molecule has 7 nitrogen and oxygen atoms in total. The van der Waals surface area contributed by atoms with Gasteiger partial charge in [-0.25, -0.2) is 9.97 Å². The van der Waals surface area contributed by atoms with Crippen LogP contribution in [0.4, 0.5) is 5.82 Å². The average molecular weight is 326 g/mol. The van der Waals surface area contributed by atoms with Crippen molar-refractivity contribution in [3.05, 3.63) is 35.5 Å². The summed E-state index contributed by atoms with van der Waals surface area (Å²) >= 11 is 0. The molecule has 3 heterocycles. The fraction of sp³-hybridized carbons (Fsp3) is 0.529. The summed E-state index contributed by atoms with van der Waals surface area (Å²) in [5, 5.41) is 7.30. The van der Waals surface area contributed by atoms with Crippen LogP contribution in [0, 0.1) is 0 Å². The first-order valence-corrected chi connectivity index (χ1v) is 8.66. The number of nitrogens with one attached hydrogen (secondary N) is 1. The third kappa shape index (κ3) is 2.64. The number of aromatic nitrogens is 4. The molecule has 0 saturated carbocycles. The van der Waals surface area contributed by atoms with Crippen molar-refractivity contribution in [2.24, 2.45) is 0 Å². The zero-order valence-electron chi connectivity index (χ0n) is 13.9. The first kappa shape index (κ1) is 15.1. The summed E-state index contributed by atoms with van der Waals surface area (Å²) in [6.45, 7) is 4.40. The summed E-state index contributed by atoms with van der Waals surface area (Å²) in [6.07, 6.45) is 7.56. The molecule has 1 aliphatic carbocycles. The number of fused-ring (bicyclic) bond motifs is 1. The van der Waals surface area contributed by atoms with E-state index in [0.29, 0.717) is 12.2 Å². The van der Waals surface area contributed by atoms with Gasteiger partial charge < -0.3 is 10.2 Å². The van der Waals surface area contributed by atoms with Gasteiger partial charge in [-0.15, -0.1) is 0 Å². The van der Waals surface area contributed by atoms with E-state index in [4.69, 9.17) is 0 Å². The van der Waals surface area contributed by atoms with Gasteiger partial charge in [0.25, 0.3) is 5.91 Å². The van der Waals surface area contributed by atoms with E-state index in [1.54, 1.807) is 23.3 Å². The first-order chi connectivity index (χ1) is 11.8. The number of carbonyl (C=O) groups is 1. The molecular weight excluding hydrogens is 304 g/mol. The Labute approximate surface area is 141 Å². The number of amides is 1. The number of carbonyl (C=O) groups excluding carboxylic acids is 1. The van der Waals surface area contributed by atoms with E-state index >= 15 is 0 Å². The summed E-state index contributed by atoms with van der Waals surface area (Å²) in [6, 6.07) is 1.91. The zero-order valence-corrected chi connectivity index (χ0v) is 13.9. The smallest absolute Gasteiger partial charge is 0.269 e. The molecule has 1 saturated heterocycles. The Hall–Kier alpha value is -2.44. The molecule has 1 aliphatic heterocycles. The molecule has 1 N–H and O–H groups in total. The summed E-state index contributed by atoms with van der Waals surface area (Å²) in [7, 11) is 0. The van der Waals surface area contributed by atoms with Crippen LogP contribution in [0.1, 0.15) is 41.5 Å². The third-order valence-electron chi connectivity index (χ3n) is 4.92. The molecule has 4 rings (SSSR count). The van der Waals surface area contributed by atoms with Gasteiger partial charge in [0, 0.05) is 43.1 Å². The van der Waals surface area contributed by atoms with Gasteiger partial charge in [0.2, 0.25) is 0 Å². The van der Waals surface area contributed by atoms with Crippen LogP contribution in [0.15, 0.2) is 18.6 Å². The third-order valence-corrected chi connectivity index (χ3v) is 4.92. The second-order valence-electron chi connectivity index (χ2n) is 6.41. The fourth-order valence-electron chi connectivity index (χ4n) is 3.72. The number of nitrogens with zero attached hydrogens (tertiary/aromatic N) is 5. The highest BCUT2D eigenvalue weighted by Gasteiger charge is 2.29. The van der Waals surface area contributed by atoms with Crippen molar-refractivity contribution in [2.45, 2.75) is 45.2 Å². The van der Waals surface area contributed by atoms with Gasteiger partial charge in [-0.1, -0.05) is 0 Å². The molecule has 24 heavy (non-hydrogen) atoms. The predicted octanol–water partition coefficient (Wildman–Crippen LogP) is 1.19. The molecule has 7 heteroatoms. The lowest BCUT2D eigenvalue weighted by Gasteiger charge is -2.20. The second-order valence-corrected chi connectivity index (χ2v) is 6.41. The van der Waals surface area contributed by atoms with Crippen molar-refractivity contribution in [1.29, 1.82) is 0 Å². The lowest BCUT2D eigenvalue weighted by Crippen LogP contribution is -2.38. The monoisotopic (exact) mass is 326 g/mol. The molecular formula is C17H22N6O. The maximum atomic E-state index is 12.5. The number of hydrogen-bond donors (Lipinski definition) is 1. The lowest BCUT2D eigenvalue weighted by atomic mass is 10.2. The molecule has 0 aromatic carbocycles. The van der Waals surface area contributed by atoms with E-state index in [2.05, 4.69) is 25.3 Å². The number of anilines is 1. The summed E-state index contributed by atoms with van der Waals surface area (Å²) < 4.78 is 1.72. The Kier molecular flexibility index (Phi) is 3.92. The van der Waals surface area contributed by atoms with Gasteiger partial charge in [-0.2, -0.15) is 5.10 Å². The number of hydrogen-bond acceptors (Lipinski definition) is 5. The average Bonchev–Trinajstić information content (AvgIpc) is 3.33. The molecule has 2 aromatic rings. The number of rotatable bonds is 4. The van der Waals surface area contributed by atoms with Crippen LogP contribution in [0.3, 0.4) is 0 Å². The van der Waals surface area contributed by atoms with Gasteiger partial charge in [0.15, 0.2) is 0 Å². The van der Waals surface area contributed by atoms with Crippen LogP contribution >= 0.6 is 0 Å². The molecule has 0 spiro atoms. The Balaban J connectivity index is 1.44. The van der Waals surface area contributed by atoms with Crippen molar-refractivity contribution in [3.8, 4) is 0 Å². The van der Waals surface area contributed by atoms with Crippen LogP contribution in [0.2, 0.25) is 0 Å². The highest BCUT2D eigenvalue weighted by atomic mass is 16.2. The van der Waals surface area contributed by atoms with E-state index in [0.717, 1.165) is 44.6 Å². The molecule has 2 aliphatic rings. The normalized spacial score (nSPS) is 19.5. The zero-order chi connectivity index (χ0) is 16.5. The van der Waals surface area contributed by atoms with Crippen molar-refractivity contribution in [3.63, 3.8) is 0 Å². The molecule has 0 unspecified atom stereocenters. The van der Waals surface area contributed by atoms with Gasteiger partial charge in [-0.3, -0.25) is 9.48 Å². The van der Waals surface area contributed by atoms with E-state index in [9.17, 15) is 4.79 Å². The minimum Gasteiger partial charge on any atom is -0.354 e. The molecule has 0 bridgehead atoms. The molecule has 2 aromatic heterocycles. The van der Waals surface area contributed by atoms with Crippen LogP contribution in [0.5, 0.6) is 0 Å². The molecule has 1 atom stereocenters. The van der Waals surface area contributed by atoms with Gasteiger partial charge in [0.05, 0.1) is 0 Å². The maximum Gasteiger partial charge on any atom is 0.269 e. The predicted molar refractivity (Wildman–Crippen MR) is 90.0 cm³/mol. The maximum absolute atomic E-state index is 12.5. The van der Waals surface area contributed by atoms with E-state index in [-0.39, 0.29) is 11.9 Å². The van der Waals surface area contributed by atoms with Crippen molar-refractivity contribution in [1.82, 2.24) is 25.1 Å². The second kappa shape index (κ2) is 6.22. The largest absolute Gasteiger partial charge is 0.354 e. The van der Waals surface area contributed by atoms with E-state index in [1.165, 1.54) is 11.3 Å². The van der Waals surface area contributed by atoms with E-state index in [1.807, 2.05) is 6.92 Å².